The Hall–Kier alpha value is -0.448. The summed E-state index contributed by atoms with van der Waals surface area (Å²) in [5.41, 5.74) is 1.02. The summed E-state index contributed by atoms with van der Waals surface area (Å²) in [6, 6.07) is 9.56. The van der Waals surface area contributed by atoms with Gasteiger partial charge in [-0.1, -0.05) is 35.9 Å². The van der Waals surface area contributed by atoms with Crippen LogP contribution < -0.4 is 0 Å². The fourth-order valence-electron chi connectivity index (χ4n) is 0.679. The molecule has 1 aromatic carbocycles. The molecule has 10 heavy (non-hydrogen) atoms. The Morgan fingerprint density at radius 1 is 1.20 bits per heavy atom. The van der Waals surface area contributed by atoms with Crippen LogP contribution in [0.25, 0.3) is 0 Å². The van der Waals surface area contributed by atoms with Crippen LogP contribution in [0.5, 0.6) is 0 Å². The Morgan fingerprint density at radius 2 is 1.80 bits per heavy atom. The normalized spacial score (nSPS) is 8.00. The molecule has 0 aliphatic rings. The summed E-state index contributed by atoms with van der Waals surface area (Å²) in [6.45, 7) is 0. The van der Waals surface area contributed by atoms with E-state index in [0.717, 1.165) is 5.56 Å². The van der Waals surface area contributed by atoms with Crippen LogP contribution in [0.3, 0.4) is 0 Å². The van der Waals surface area contributed by atoms with E-state index in [1.54, 1.807) is 0 Å². The number of hydrogen-bond acceptors (Lipinski definition) is 1. The molecule has 0 fully saturated rings. The summed E-state index contributed by atoms with van der Waals surface area (Å²) in [7, 11) is 0. The second-order valence-corrected chi connectivity index (χ2v) is 1.81. The quantitative estimate of drug-likeness (QED) is 0.754. The van der Waals surface area contributed by atoms with Gasteiger partial charge in [0.2, 0.25) is 0 Å². The number of rotatable bonds is 2. The third kappa shape index (κ3) is 2.91. The van der Waals surface area contributed by atoms with Crippen molar-refractivity contribution in [3.8, 4) is 0 Å². The molecule has 0 saturated heterocycles. The number of benzene rings is 1. The molecule has 0 aliphatic carbocycles. The van der Waals surface area contributed by atoms with Crippen molar-refractivity contribution >= 4 is 6.29 Å². The first-order valence-electron chi connectivity index (χ1n) is 2.82. The first kappa shape index (κ1) is 9.55. The van der Waals surface area contributed by atoms with E-state index in [4.69, 9.17) is 0 Å². The summed E-state index contributed by atoms with van der Waals surface area (Å²) in [6.07, 6.45) is 2.24. The number of hydrogen-bond donors (Lipinski definition) is 0. The Bertz CT molecular complexity index is 184. The van der Waals surface area contributed by atoms with Gasteiger partial charge in [0.05, 0.1) is 0 Å². The van der Waals surface area contributed by atoms with E-state index in [1.807, 2.05) is 36.6 Å². The Kier molecular flexibility index (Phi) is 5.11. The molecule has 0 bridgehead atoms. The van der Waals surface area contributed by atoms with E-state index in [1.165, 1.54) is 0 Å². The van der Waals surface area contributed by atoms with Crippen LogP contribution in [-0.4, -0.2) is 6.29 Å². The monoisotopic (exact) mass is 306 g/mol. The van der Waals surface area contributed by atoms with Crippen molar-refractivity contribution in [2.75, 3.05) is 0 Å². The molecule has 0 unspecified atom stereocenters. The molecule has 0 aromatic heterocycles. The molecule has 2 heteroatoms. The minimum Gasteiger partial charge on any atom is -0.541 e. The van der Waals surface area contributed by atoms with Gasteiger partial charge in [-0.15, -0.1) is 6.42 Å². The molecule has 0 heterocycles. The van der Waals surface area contributed by atoms with Crippen molar-refractivity contribution in [2.45, 2.75) is 6.42 Å². The molecule has 0 atom stereocenters. The van der Waals surface area contributed by atoms with Crippen LogP contribution in [0.2, 0.25) is 0 Å². The molecule has 0 aliphatic heterocycles. The van der Waals surface area contributed by atoms with E-state index < -0.39 is 0 Å². The van der Waals surface area contributed by atoms with Gasteiger partial charge in [0.1, 0.15) is 0 Å². The van der Waals surface area contributed by atoms with Gasteiger partial charge in [-0.05, 0) is 0 Å². The van der Waals surface area contributed by atoms with Gasteiger partial charge in [-0.2, -0.15) is 0 Å². The fraction of sp³-hybridized carbons (Fsp3) is 0.125. The van der Waals surface area contributed by atoms with Gasteiger partial charge >= 0.3 is 0 Å². The smallest absolute Gasteiger partial charge is 0 e. The zero-order valence-corrected chi connectivity index (χ0v) is 8.10. The zero-order chi connectivity index (χ0) is 6.53. The molecule has 1 nitrogen and oxygen atoms in total. The maximum atomic E-state index is 9.85. The van der Waals surface area contributed by atoms with E-state index in [-0.39, 0.29) is 20.4 Å². The van der Waals surface area contributed by atoms with Crippen LogP contribution in [0, 0.1) is 0 Å². The summed E-state index contributed by atoms with van der Waals surface area (Å²) >= 11 is 0. The average molecular weight is 305 g/mol. The standard InChI is InChI=1S/C8H7O.Re/c9-7-6-8-4-2-1-3-5-8;/h1-5H,6H2;/q-1;. The van der Waals surface area contributed by atoms with Crippen LogP contribution >= 0.6 is 0 Å². The van der Waals surface area contributed by atoms with Crippen LogP contribution in [0.1, 0.15) is 5.56 Å². The van der Waals surface area contributed by atoms with Crippen LogP contribution in [0.4, 0.5) is 0 Å². The fourth-order valence-corrected chi connectivity index (χ4v) is 0.679. The van der Waals surface area contributed by atoms with Crippen molar-refractivity contribution in [3.05, 3.63) is 35.9 Å². The van der Waals surface area contributed by atoms with Crippen LogP contribution in [-0.2, 0) is 31.6 Å². The predicted octanol–water partition coefficient (Wildman–Crippen LogP) is 1.34. The average Bonchev–Trinajstić information content (AvgIpc) is 1.91. The Balaban J connectivity index is 0.000000810. The maximum absolute atomic E-state index is 9.85. The topological polar surface area (TPSA) is 17.1 Å². The molecule has 0 saturated carbocycles. The van der Waals surface area contributed by atoms with Crippen molar-refractivity contribution in [2.24, 2.45) is 0 Å². The van der Waals surface area contributed by atoms with Gasteiger partial charge in [0.25, 0.3) is 0 Å². The minimum absolute atomic E-state index is 0. The van der Waals surface area contributed by atoms with Crippen molar-refractivity contribution < 1.29 is 25.2 Å². The van der Waals surface area contributed by atoms with Gasteiger partial charge in [-0.25, -0.2) is 0 Å². The van der Waals surface area contributed by atoms with Crippen molar-refractivity contribution in [3.63, 3.8) is 0 Å². The second-order valence-electron chi connectivity index (χ2n) is 1.81. The SMILES string of the molecule is O=[C-]Cc1ccccc1.[Re]. The largest absolute Gasteiger partial charge is 0.541 e. The molecular formula is C8H7ORe-. The predicted molar refractivity (Wildman–Crippen MR) is 35.8 cm³/mol. The first-order chi connectivity index (χ1) is 4.43. The van der Waals surface area contributed by atoms with Crippen molar-refractivity contribution in [1.82, 2.24) is 0 Å². The third-order valence-electron chi connectivity index (χ3n) is 1.12. The molecular weight excluding hydrogens is 298 g/mol. The molecule has 0 amide bonds. The minimum atomic E-state index is 0. The van der Waals surface area contributed by atoms with Gasteiger partial charge in [-0.3, -0.25) is 6.29 Å². The molecule has 0 N–H and O–H groups in total. The van der Waals surface area contributed by atoms with Crippen LogP contribution in [0.15, 0.2) is 30.3 Å². The summed E-state index contributed by atoms with van der Waals surface area (Å²) < 4.78 is 0. The molecule has 1 rings (SSSR count). The molecule has 1 aromatic rings. The second kappa shape index (κ2) is 5.35. The summed E-state index contributed by atoms with van der Waals surface area (Å²) in [5, 5.41) is 0. The third-order valence-corrected chi connectivity index (χ3v) is 1.12. The van der Waals surface area contributed by atoms with E-state index in [2.05, 4.69) is 0 Å². The summed E-state index contributed by atoms with van der Waals surface area (Å²) in [4.78, 5) is 9.85. The Morgan fingerprint density at radius 3 is 2.30 bits per heavy atom. The number of carbonyl (C=O) groups excluding carboxylic acids is 1. The van der Waals surface area contributed by atoms with Gasteiger partial charge < -0.3 is 4.79 Å². The first-order valence-corrected chi connectivity index (χ1v) is 2.82. The summed E-state index contributed by atoms with van der Waals surface area (Å²) in [5.74, 6) is 0. The van der Waals surface area contributed by atoms with Gasteiger partial charge in [0, 0.05) is 20.4 Å². The molecule has 53 valence electrons. The molecule has 0 spiro atoms. The van der Waals surface area contributed by atoms with E-state index >= 15 is 0 Å². The van der Waals surface area contributed by atoms with Gasteiger partial charge in [0.15, 0.2) is 0 Å². The van der Waals surface area contributed by atoms with Crippen molar-refractivity contribution in [1.29, 1.82) is 0 Å². The van der Waals surface area contributed by atoms with E-state index in [0.29, 0.717) is 6.42 Å². The Labute approximate surface area is 74.1 Å². The zero-order valence-electron chi connectivity index (χ0n) is 5.38. The maximum Gasteiger partial charge on any atom is 0 e. The molecule has 1 radical (unpaired) electrons. The van der Waals surface area contributed by atoms with E-state index in [9.17, 15) is 4.79 Å².